The Bertz CT molecular complexity index is 580. The molecule has 0 aromatic heterocycles. The molecule has 0 N–H and O–H groups in total. The first kappa shape index (κ1) is 25.9. The Morgan fingerprint density at radius 3 is 1.33 bits per heavy atom. The van der Waals surface area contributed by atoms with Crippen LogP contribution in [0.25, 0.3) is 0 Å². The van der Waals surface area contributed by atoms with Crippen LogP contribution in [0.4, 0.5) is 0 Å². The molecule has 0 radical (unpaired) electrons. The Hall–Kier alpha value is -0.360. The lowest BCUT2D eigenvalue weighted by molar-refractivity contribution is -0.127. The highest BCUT2D eigenvalue weighted by Gasteiger charge is 2.69. The zero-order valence-corrected chi connectivity index (χ0v) is 21.5. The lowest BCUT2D eigenvalue weighted by atomic mass is 9.35. The molecule has 0 bridgehead atoms. The van der Waals surface area contributed by atoms with Crippen LogP contribution in [-0.2, 0) is 23.4 Å². The smallest absolute Gasteiger partial charge is 0.403 e. The monoisotopic (exact) mass is 422 g/mol. The highest BCUT2D eigenvalue weighted by Crippen LogP contribution is 2.56. The third-order valence-corrected chi connectivity index (χ3v) is 7.77. The molecule has 0 spiro atoms. The van der Waals surface area contributed by atoms with Crippen molar-refractivity contribution in [3.8, 4) is 0 Å². The van der Waals surface area contributed by atoms with E-state index in [0.717, 1.165) is 19.3 Å². The molecule has 0 amide bonds. The zero-order chi connectivity index (χ0) is 23.4. The topological polar surface area (TPSA) is 54.0 Å². The van der Waals surface area contributed by atoms with E-state index >= 15 is 0 Å². The van der Waals surface area contributed by atoms with Crippen molar-refractivity contribution in [1.29, 1.82) is 0 Å². The Morgan fingerprint density at radius 1 is 0.733 bits per heavy atom. The first-order chi connectivity index (χ1) is 13.3. The number of carbonyl (C=O) groups is 1. The molecule has 0 unspecified atom stereocenters. The molecule has 2 heterocycles. The van der Waals surface area contributed by atoms with Crippen molar-refractivity contribution < 1.29 is 23.4 Å². The van der Waals surface area contributed by atoms with Crippen molar-refractivity contribution in [2.75, 3.05) is 0 Å². The Balaban J connectivity index is 2.58. The van der Waals surface area contributed by atoms with E-state index in [1.165, 1.54) is 0 Å². The third-order valence-electron chi connectivity index (χ3n) is 7.77. The van der Waals surface area contributed by atoms with Gasteiger partial charge in [-0.1, -0.05) is 47.0 Å². The first-order valence-corrected chi connectivity index (χ1v) is 11.6. The third kappa shape index (κ3) is 4.55. The number of Topliss-reactive ketones (excluding diaryl/α,β-unsaturated/α-hetero) is 1. The first-order valence-electron chi connectivity index (χ1n) is 11.6. The zero-order valence-electron chi connectivity index (χ0n) is 21.5. The quantitative estimate of drug-likeness (QED) is 0.497. The molecule has 2 fully saturated rings. The fourth-order valence-electron chi connectivity index (χ4n) is 3.83. The van der Waals surface area contributed by atoms with Crippen molar-refractivity contribution >= 4 is 20.0 Å². The average molecular weight is 422 g/mol. The molecule has 172 valence electrons. The molecule has 2 aliphatic rings. The van der Waals surface area contributed by atoms with E-state index in [-0.39, 0.29) is 5.78 Å². The van der Waals surface area contributed by atoms with Gasteiger partial charge in [-0.2, -0.15) is 0 Å². The van der Waals surface area contributed by atoms with Gasteiger partial charge in [-0.25, -0.2) is 0 Å². The van der Waals surface area contributed by atoms with Crippen LogP contribution in [-0.4, -0.2) is 42.4 Å². The maximum atomic E-state index is 13.4. The number of ketones is 1. The van der Waals surface area contributed by atoms with Gasteiger partial charge in [-0.3, -0.25) is 4.79 Å². The fraction of sp³-hybridized carbons (Fsp3) is 0.957. The molecule has 0 atom stereocenters. The largest absolute Gasteiger partial charge is 0.462 e. The highest BCUT2D eigenvalue weighted by molar-refractivity contribution is 6.72. The summed E-state index contributed by atoms with van der Waals surface area (Å²) >= 11 is 0. The van der Waals surface area contributed by atoms with Crippen LogP contribution in [0.1, 0.15) is 109 Å². The second kappa shape index (κ2) is 7.90. The van der Waals surface area contributed by atoms with Crippen molar-refractivity contribution in [1.82, 2.24) is 0 Å². The van der Waals surface area contributed by atoms with Gasteiger partial charge in [0.2, 0.25) is 0 Å². The maximum absolute atomic E-state index is 13.4. The maximum Gasteiger partial charge on any atom is 0.462 e. The van der Waals surface area contributed by atoms with Crippen molar-refractivity contribution in [2.45, 2.75) is 136 Å². The summed E-state index contributed by atoms with van der Waals surface area (Å²) in [6.45, 7) is 24.4. The second-order valence-electron chi connectivity index (χ2n) is 12.4. The Labute approximate surface area is 185 Å². The van der Waals surface area contributed by atoms with E-state index in [1.807, 2.05) is 76.2 Å². The van der Waals surface area contributed by atoms with E-state index in [9.17, 15) is 4.79 Å². The van der Waals surface area contributed by atoms with Gasteiger partial charge < -0.3 is 18.6 Å². The molecular formula is C23H44B2O5. The minimum atomic E-state index is -0.726. The molecule has 2 aliphatic heterocycles. The van der Waals surface area contributed by atoms with Crippen LogP contribution in [0.3, 0.4) is 0 Å². The summed E-state index contributed by atoms with van der Waals surface area (Å²) in [5, 5.41) is -0.726. The summed E-state index contributed by atoms with van der Waals surface area (Å²) in [5.74, 6) is 0.169. The summed E-state index contributed by atoms with van der Waals surface area (Å²) in [5.41, 5.74) is -2.45. The number of rotatable bonds is 7. The molecule has 0 aromatic carbocycles. The van der Waals surface area contributed by atoms with Gasteiger partial charge in [-0.05, 0) is 55.4 Å². The van der Waals surface area contributed by atoms with Crippen LogP contribution in [0.5, 0.6) is 0 Å². The molecular weight excluding hydrogens is 378 g/mol. The fourth-order valence-corrected chi connectivity index (χ4v) is 3.83. The van der Waals surface area contributed by atoms with Crippen LogP contribution in [0, 0.1) is 5.41 Å². The standard InChI is InChI=1S/C23H44B2O5/c1-13-14-15-23(16-17(26)18(2,3)4,24-27-19(5,6)20(7,8)28-24)25-29-21(9,10)22(11,12)30-25/h13-16H2,1-12H3. The van der Waals surface area contributed by atoms with Gasteiger partial charge in [0.15, 0.2) is 0 Å². The van der Waals surface area contributed by atoms with Crippen LogP contribution in [0.2, 0.25) is 5.21 Å². The van der Waals surface area contributed by atoms with Crippen molar-refractivity contribution in [2.24, 2.45) is 5.41 Å². The number of hydrogen-bond donors (Lipinski definition) is 0. The molecule has 0 aromatic rings. The minimum Gasteiger partial charge on any atom is -0.403 e. The Morgan fingerprint density at radius 2 is 1.07 bits per heavy atom. The summed E-state index contributed by atoms with van der Waals surface area (Å²) in [7, 11) is -1.18. The number of unbranched alkanes of at least 4 members (excludes halogenated alkanes) is 1. The van der Waals surface area contributed by atoms with Crippen LogP contribution in [0.15, 0.2) is 0 Å². The van der Waals surface area contributed by atoms with Crippen LogP contribution >= 0.6 is 0 Å². The molecule has 2 saturated heterocycles. The van der Waals surface area contributed by atoms with Crippen molar-refractivity contribution in [3.05, 3.63) is 0 Å². The molecule has 0 saturated carbocycles. The van der Waals surface area contributed by atoms with Gasteiger partial charge in [0.1, 0.15) is 5.78 Å². The summed E-state index contributed by atoms with van der Waals surface area (Å²) in [6, 6.07) is 0. The van der Waals surface area contributed by atoms with Gasteiger partial charge in [0.05, 0.1) is 22.4 Å². The second-order valence-corrected chi connectivity index (χ2v) is 12.4. The van der Waals surface area contributed by atoms with E-state index in [1.54, 1.807) is 0 Å². The van der Waals surface area contributed by atoms with Gasteiger partial charge in [-0.15, -0.1) is 0 Å². The van der Waals surface area contributed by atoms with E-state index < -0.39 is 47.3 Å². The normalized spacial score (nSPS) is 25.1. The SMILES string of the molecule is CCCCC(CC(=O)C(C)(C)C)(B1OC(C)(C)C(C)(C)O1)B1OC(C)(C)C(C)(C)O1. The lowest BCUT2D eigenvalue weighted by Crippen LogP contribution is -2.51. The minimum absolute atomic E-state index is 0.169. The summed E-state index contributed by atoms with van der Waals surface area (Å²) in [6.07, 6.45) is 2.97. The molecule has 7 heteroatoms. The molecule has 2 rings (SSSR count). The van der Waals surface area contributed by atoms with Gasteiger partial charge in [0, 0.05) is 17.0 Å². The van der Waals surface area contributed by atoms with E-state index in [4.69, 9.17) is 18.6 Å². The predicted octanol–water partition coefficient (Wildman–Crippen LogP) is 5.65. The highest BCUT2D eigenvalue weighted by atomic mass is 16.7. The van der Waals surface area contributed by atoms with E-state index in [0.29, 0.717) is 6.42 Å². The summed E-state index contributed by atoms with van der Waals surface area (Å²) < 4.78 is 26.2. The van der Waals surface area contributed by atoms with Gasteiger partial charge in [0.25, 0.3) is 0 Å². The van der Waals surface area contributed by atoms with Gasteiger partial charge >= 0.3 is 14.2 Å². The number of carbonyl (C=O) groups excluding carboxylic acids is 1. The molecule has 30 heavy (non-hydrogen) atoms. The average Bonchev–Trinajstić information content (AvgIpc) is 2.90. The van der Waals surface area contributed by atoms with E-state index in [2.05, 4.69) is 6.92 Å². The Kier molecular flexibility index (Phi) is 6.82. The predicted molar refractivity (Wildman–Crippen MR) is 123 cm³/mol. The van der Waals surface area contributed by atoms with Crippen LogP contribution < -0.4 is 0 Å². The number of hydrogen-bond acceptors (Lipinski definition) is 5. The summed E-state index contributed by atoms with van der Waals surface area (Å²) in [4.78, 5) is 13.4. The van der Waals surface area contributed by atoms with Crippen molar-refractivity contribution in [3.63, 3.8) is 0 Å². The molecule has 5 nitrogen and oxygen atoms in total. The lowest BCUT2D eigenvalue weighted by Gasteiger charge is -2.38. The molecule has 0 aliphatic carbocycles.